The van der Waals surface area contributed by atoms with Crippen molar-refractivity contribution in [3.63, 3.8) is 0 Å². The molecule has 2 aromatic rings. The van der Waals surface area contributed by atoms with E-state index in [4.69, 9.17) is 16.3 Å². The topological polar surface area (TPSA) is 59.7 Å². The summed E-state index contributed by atoms with van der Waals surface area (Å²) in [4.78, 5) is 22.6. The molecule has 3 rings (SSSR count). The second-order valence-electron chi connectivity index (χ2n) is 6.86. The lowest BCUT2D eigenvalue weighted by molar-refractivity contribution is 0.0196. The second kappa shape index (κ2) is 6.00. The van der Waals surface area contributed by atoms with Crippen LogP contribution in [0.3, 0.4) is 0 Å². The normalized spacial score (nSPS) is 19.1. The van der Waals surface area contributed by atoms with Gasteiger partial charge in [0.15, 0.2) is 5.15 Å². The predicted molar refractivity (Wildman–Crippen MR) is 87.8 cm³/mol. The maximum atomic E-state index is 12.3. The number of rotatable bonds is 1. The highest BCUT2D eigenvalue weighted by atomic mass is 35.5. The van der Waals surface area contributed by atoms with Crippen molar-refractivity contribution < 1.29 is 9.53 Å². The molecule has 1 saturated heterocycles. The van der Waals surface area contributed by atoms with E-state index >= 15 is 0 Å². The molecule has 0 aromatic carbocycles. The Morgan fingerprint density at radius 3 is 2.91 bits per heavy atom. The lowest BCUT2D eigenvalue weighted by atomic mass is 9.97. The summed E-state index contributed by atoms with van der Waals surface area (Å²) in [6.45, 7) is 6.96. The van der Waals surface area contributed by atoms with Crippen molar-refractivity contribution in [2.75, 3.05) is 13.1 Å². The summed E-state index contributed by atoms with van der Waals surface area (Å²) in [6.07, 6.45) is 6.90. The zero-order valence-corrected chi connectivity index (χ0v) is 14.4. The molecule has 0 saturated carbocycles. The minimum atomic E-state index is -0.483. The van der Waals surface area contributed by atoms with E-state index in [2.05, 4.69) is 9.97 Å². The van der Waals surface area contributed by atoms with E-state index in [0.717, 1.165) is 30.7 Å². The minimum absolute atomic E-state index is 0.164. The molecule has 7 heteroatoms. The molecule has 23 heavy (non-hydrogen) atoms. The fourth-order valence-corrected chi connectivity index (χ4v) is 3.09. The van der Waals surface area contributed by atoms with Crippen LogP contribution in [-0.4, -0.2) is 44.1 Å². The highest BCUT2D eigenvalue weighted by Gasteiger charge is 2.30. The van der Waals surface area contributed by atoms with E-state index in [0.29, 0.717) is 11.7 Å². The molecule has 0 N–H and O–H groups in total. The average Bonchev–Trinajstić information content (AvgIpc) is 2.91. The number of imidazole rings is 1. The summed E-state index contributed by atoms with van der Waals surface area (Å²) in [5, 5.41) is 0.436. The maximum Gasteiger partial charge on any atom is 0.410 e. The Morgan fingerprint density at radius 1 is 1.39 bits per heavy atom. The molecule has 124 valence electrons. The molecule has 0 aliphatic carbocycles. The van der Waals surface area contributed by atoms with Gasteiger partial charge in [0.25, 0.3) is 0 Å². The third-order valence-electron chi connectivity index (χ3n) is 3.88. The third-order valence-corrected chi connectivity index (χ3v) is 4.17. The number of carbonyl (C=O) groups is 1. The highest BCUT2D eigenvalue weighted by Crippen LogP contribution is 2.28. The van der Waals surface area contributed by atoms with Crippen LogP contribution in [0.25, 0.3) is 5.52 Å². The van der Waals surface area contributed by atoms with Crippen LogP contribution in [0.4, 0.5) is 4.79 Å². The fraction of sp³-hybridized carbons (Fsp3) is 0.562. The van der Waals surface area contributed by atoms with Crippen LogP contribution in [-0.2, 0) is 4.74 Å². The first-order valence-corrected chi connectivity index (χ1v) is 8.18. The number of piperidine rings is 1. The number of fused-ring (bicyclic) bond motifs is 1. The van der Waals surface area contributed by atoms with Gasteiger partial charge in [-0.3, -0.25) is 4.40 Å². The smallest absolute Gasteiger partial charge is 0.410 e. The van der Waals surface area contributed by atoms with Crippen molar-refractivity contribution in [3.05, 3.63) is 29.6 Å². The first kappa shape index (κ1) is 16.1. The number of amides is 1. The van der Waals surface area contributed by atoms with E-state index in [1.165, 1.54) is 0 Å². The lowest BCUT2D eigenvalue weighted by Crippen LogP contribution is -2.42. The molecular formula is C16H21ClN4O2. The van der Waals surface area contributed by atoms with Crippen molar-refractivity contribution in [1.29, 1.82) is 0 Å². The van der Waals surface area contributed by atoms with Gasteiger partial charge in [-0.1, -0.05) is 11.6 Å². The van der Waals surface area contributed by atoms with Crippen molar-refractivity contribution >= 4 is 23.2 Å². The Morgan fingerprint density at radius 2 is 2.17 bits per heavy atom. The zero-order valence-electron chi connectivity index (χ0n) is 13.6. The molecule has 6 nitrogen and oxygen atoms in total. The molecule has 1 unspecified atom stereocenters. The van der Waals surface area contributed by atoms with Crippen molar-refractivity contribution in [3.8, 4) is 0 Å². The molecule has 0 radical (unpaired) electrons. The Labute approximate surface area is 140 Å². The van der Waals surface area contributed by atoms with Crippen LogP contribution in [0.15, 0.2) is 18.6 Å². The lowest BCUT2D eigenvalue weighted by Gasteiger charge is -2.33. The van der Waals surface area contributed by atoms with Gasteiger partial charge < -0.3 is 9.64 Å². The van der Waals surface area contributed by atoms with E-state index in [9.17, 15) is 4.79 Å². The van der Waals surface area contributed by atoms with Crippen LogP contribution >= 0.6 is 11.6 Å². The Bertz CT molecular complexity index is 722. The average molecular weight is 337 g/mol. The van der Waals surface area contributed by atoms with Crippen LogP contribution in [0.5, 0.6) is 0 Å². The number of carbonyl (C=O) groups excluding carboxylic acids is 1. The maximum absolute atomic E-state index is 12.3. The molecular weight excluding hydrogens is 316 g/mol. The molecule has 2 aromatic heterocycles. The molecule has 1 aliphatic rings. The minimum Gasteiger partial charge on any atom is -0.444 e. The Hall–Kier alpha value is -1.82. The van der Waals surface area contributed by atoms with Crippen molar-refractivity contribution in [2.24, 2.45) is 0 Å². The quantitative estimate of drug-likeness (QED) is 0.799. The first-order valence-electron chi connectivity index (χ1n) is 7.80. The molecule has 0 bridgehead atoms. The van der Waals surface area contributed by atoms with Gasteiger partial charge in [0, 0.05) is 31.4 Å². The van der Waals surface area contributed by atoms with E-state index in [1.54, 1.807) is 17.3 Å². The summed E-state index contributed by atoms with van der Waals surface area (Å²) < 4.78 is 7.44. The molecule has 1 atom stereocenters. The van der Waals surface area contributed by atoms with Crippen LogP contribution in [0.2, 0.25) is 5.15 Å². The largest absolute Gasteiger partial charge is 0.444 e. The molecule has 0 spiro atoms. The van der Waals surface area contributed by atoms with E-state index < -0.39 is 5.60 Å². The zero-order chi connectivity index (χ0) is 16.6. The summed E-state index contributed by atoms with van der Waals surface area (Å²) in [6, 6.07) is 0. The molecule has 3 heterocycles. The van der Waals surface area contributed by atoms with Gasteiger partial charge in [-0.25, -0.2) is 14.8 Å². The number of aromatic nitrogens is 3. The number of likely N-dealkylation sites (tertiary alicyclic amines) is 1. The summed E-state index contributed by atoms with van der Waals surface area (Å²) in [5.74, 6) is 1.08. The van der Waals surface area contributed by atoms with E-state index in [1.807, 2.05) is 31.4 Å². The fourth-order valence-electron chi connectivity index (χ4n) is 2.90. The SMILES string of the molecule is CC(C)(C)OC(=O)N1CCCC(c2ncc3c(Cl)nccn23)C1. The number of halogens is 1. The Kier molecular flexibility index (Phi) is 4.19. The molecule has 1 fully saturated rings. The monoisotopic (exact) mass is 336 g/mol. The number of ether oxygens (including phenoxy) is 1. The van der Waals surface area contributed by atoms with Crippen molar-refractivity contribution in [2.45, 2.75) is 45.1 Å². The predicted octanol–water partition coefficient (Wildman–Crippen LogP) is 3.50. The van der Waals surface area contributed by atoms with Crippen LogP contribution < -0.4 is 0 Å². The van der Waals surface area contributed by atoms with Gasteiger partial charge in [-0.15, -0.1) is 0 Å². The van der Waals surface area contributed by atoms with Crippen LogP contribution in [0.1, 0.15) is 45.4 Å². The number of hydrogen-bond donors (Lipinski definition) is 0. The highest BCUT2D eigenvalue weighted by molar-refractivity contribution is 6.32. The summed E-state index contributed by atoms with van der Waals surface area (Å²) >= 11 is 6.10. The van der Waals surface area contributed by atoms with Crippen LogP contribution in [0, 0.1) is 0 Å². The standard InChI is InChI=1S/C16H21ClN4O2/c1-16(2,3)23-15(22)20-7-4-5-11(10-20)14-19-9-12-13(17)18-6-8-21(12)14/h6,8-9,11H,4-5,7,10H2,1-3H3. The Balaban J connectivity index is 1.80. The van der Waals surface area contributed by atoms with Crippen molar-refractivity contribution in [1.82, 2.24) is 19.3 Å². The van der Waals surface area contributed by atoms with Gasteiger partial charge in [0.1, 0.15) is 16.9 Å². The molecule has 1 aliphatic heterocycles. The van der Waals surface area contributed by atoms with Gasteiger partial charge in [-0.2, -0.15) is 0 Å². The van der Waals surface area contributed by atoms with E-state index in [-0.39, 0.29) is 12.0 Å². The summed E-state index contributed by atoms with van der Waals surface area (Å²) in [5.41, 5.74) is 0.307. The number of nitrogens with zero attached hydrogens (tertiary/aromatic N) is 4. The second-order valence-corrected chi connectivity index (χ2v) is 7.21. The third kappa shape index (κ3) is 3.42. The summed E-state index contributed by atoms with van der Waals surface area (Å²) in [7, 11) is 0. The first-order chi connectivity index (χ1) is 10.8. The van der Waals surface area contributed by atoms with Gasteiger partial charge >= 0.3 is 6.09 Å². The van der Waals surface area contributed by atoms with Gasteiger partial charge in [0.2, 0.25) is 0 Å². The molecule has 1 amide bonds. The number of hydrogen-bond acceptors (Lipinski definition) is 4. The van der Waals surface area contributed by atoms with Gasteiger partial charge in [-0.05, 0) is 33.6 Å². The van der Waals surface area contributed by atoms with Gasteiger partial charge in [0.05, 0.1) is 6.20 Å².